The van der Waals surface area contributed by atoms with Crippen LogP contribution in [0.3, 0.4) is 0 Å². The van der Waals surface area contributed by atoms with Crippen LogP contribution in [-0.2, 0) is 17.7 Å². The summed E-state index contributed by atoms with van der Waals surface area (Å²) in [6.45, 7) is 4.13. The molecule has 1 atom stereocenters. The summed E-state index contributed by atoms with van der Waals surface area (Å²) in [7, 11) is 0. The topological polar surface area (TPSA) is 73.8 Å². The molecular formula is C24H31N3O3. The monoisotopic (exact) mass is 409 g/mol. The highest BCUT2D eigenvalue weighted by molar-refractivity contribution is 5.95. The van der Waals surface area contributed by atoms with E-state index in [0.29, 0.717) is 18.2 Å². The van der Waals surface area contributed by atoms with Gasteiger partial charge in [0.15, 0.2) is 0 Å². The number of β-amino-alcohol motifs (C(OH)–C–C–N with tert-alkyl or cyclic N) is 1. The molecular weight excluding hydrogens is 378 g/mol. The number of amides is 1. The first-order valence-electron chi connectivity index (χ1n) is 10.9. The summed E-state index contributed by atoms with van der Waals surface area (Å²) in [5.41, 5.74) is 4.27. The number of ether oxygens (including phenoxy) is 1. The Balaban J connectivity index is 1.24. The Labute approximate surface area is 178 Å². The van der Waals surface area contributed by atoms with Gasteiger partial charge in [-0.2, -0.15) is 0 Å². The molecule has 3 N–H and O–H groups in total. The number of hydrogen-bond acceptors (Lipinski definition) is 5. The molecule has 0 radical (unpaired) electrons. The Hall–Kier alpha value is -2.41. The summed E-state index contributed by atoms with van der Waals surface area (Å²) in [6, 6.07) is 16.4. The molecule has 2 aliphatic heterocycles. The number of carbonyl (C=O) groups is 1. The van der Waals surface area contributed by atoms with Crippen LogP contribution in [0.15, 0.2) is 48.5 Å². The van der Waals surface area contributed by atoms with Crippen molar-refractivity contribution in [3.63, 3.8) is 0 Å². The van der Waals surface area contributed by atoms with E-state index in [-0.39, 0.29) is 12.5 Å². The Morgan fingerprint density at radius 1 is 1.13 bits per heavy atom. The van der Waals surface area contributed by atoms with Crippen LogP contribution in [0.4, 0.5) is 5.69 Å². The third-order valence-electron chi connectivity index (χ3n) is 5.89. The summed E-state index contributed by atoms with van der Waals surface area (Å²) >= 11 is 0. The van der Waals surface area contributed by atoms with Gasteiger partial charge in [-0.1, -0.05) is 30.3 Å². The van der Waals surface area contributed by atoms with Crippen molar-refractivity contribution in [3.05, 3.63) is 65.2 Å². The zero-order chi connectivity index (χ0) is 20.8. The molecule has 2 aromatic carbocycles. The summed E-state index contributed by atoms with van der Waals surface area (Å²) in [5, 5.41) is 16.8. The predicted molar refractivity (Wildman–Crippen MR) is 118 cm³/mol. The van der Waals surface area contributed by atoms with E-state index in [1.54, 1.807) is 6.07 Å². The molecule has 1 amide bonds. The summed E-state index contributed by atoms with van der Waals surface area (Å²) in [5.74, 6) is -0.159. The van der Waals surface area contributed by atoms with Gasteiger partial charge in [0.1, 0.15) is 0 Å². The average molecular weight is 410 g/mol. The molecule has 2 heterocycles. The number of rotatable bonds is 7. The van der Waals surface area contributed by atoms with Crippen molar-refractivity contribution in [3.8, 4) is 0 Å². The number of anilines is 1. The lowest BCUT2D eigenvalue weighted by Gasteiger charge is -2.30. The SMILES string of the molecule is O=C(NCC(O)CN1CCc2ccccc2C1)c1cccc(NC2CCOCC2)c1. The van der Waals surface area contributed by atoms with E-state index in [0.717, 1.165) is 51.3 Å². The highest BCUT2D eigenvalue weighted by atomic mass is 16.5. The first-order chi connectivity index (χ1) is 14.7. The molecule has 30 heavy (non-hydrogen) atoms. The van der Waals surface area contributed by atoms with E-state index in [1.165, 1.54) is 11.1 Å². The lowest BCUT2D eigenvalue weighted by atomic mass is 10.00. The maximum Gasteiger partial charge on any atom is 0.251 e. The summed E-state index contributed by atoms with van der Waals surface area (Å²) in [6.07, 6.45) is 2.36. The molecule has 1 unspecified atom stereocenters. The second-order valence-electron chi connectivity index (χ2n) is 8.23. The predicted octanol–water partition coefficient (Wildman–Crippen LogP) is 2.43. The van der Waals surface area contributed by atoms with Crippen LogP contribution in [0, 0.1) is 0 Å². The lowest BCUT2D eigenvalue weighted by molar-refractivity contribution is 0.0841. The Morgan fingerprint density at radius 3 is 2.77 bits per heavy atom. The number of aliphatic hydroxyl groups excluding tert-OH is 1. The van der Waals surface area contributed by atoms with Gasteiger partial charge in [-0.05, 0) is 48.6 Å². The van der Waals surface area contributed by atoms with E-state index in [2.05, 4.69) is 39.8 Å². The second kappa shape index (κ2) is 10.1. The molecule has 0 aromatic heterocycles. The van der Waals surface area contributed by atoms with Crippen molar-refractivity contribution < 1.29 is 14.6 Å². The van der Waals surface area contributed by atoms with Gasteiger partial charge in [-0.3, -0.25) is 9.69 Å². The van der Waals surface area contributed by atoms with Crippen molar-refractivity contribution in [2.45, 2.75) is 38.0 Å². The summed E-state index contributed by atoms with van der Waals surface area (Å²) in [4.78, 5) is 14.8. The molecule has 0 aliphatic carbocycles. The quantitative estimate of drug-likeness (QED) is 0.655. The molecule has 6 nitrogen and oxygen atoms in total. The number of benzene rings is 2. The van der Waals surface area contributed by atoms with E-state index >= 15 is 0 Å². The number of aliphatic hydroxyl groups is 1. The minimum atomic E-state index is -0.595. The molecule has 0 spiro atoms. The molecule has 160 valence electrons. The van der Waals surface area contributed by atoms with Gasteiger partial charge in [0.05, 0.1) is 6.10 Å². The number of carbonyl (C=O) groups excluding carboxylic acids is 1. The first-order valence-corrected chi connectivity index (χ1v) is 10.9. The molecule has 0 saturated carbocycles. The molecule has 0 bridgehead atoms. The highest BCUT2D eigenvalue weighted by Gasteiger charge is 2.19. The minimum absolute atomic E-state index is 0.159. The molecule has 1 saturated heterocycles. The van der Waals surface area contributed by atoms with Gasteiger partial charge in [-0.25, -0.2) is 0 Å². The van der Waals surface area contributed by atoms with Crippen LogP contribution in [-0.4, -0.2) is 60.9 Å². The van der Waals surface area contributed by atoms with Crippen LogP contribution in [0.5, 0.6) is 0 Å². The van der Waals surface area contributed by atoms with Crippen molar-refractivity contribution in [1.82, 2.24) is 10.2 Å². The zero-order valence-electron chi connectivity index (χ0n) is 17.3. The standard InChI is InChI=1S/C24H31N3O3/c28-23(17-27-11-8-18-4-1-2-5-20(18)16-27)15-25-24(29)19-6-3-7-22(14-19)26-21-9-12-30-13-10-21/h1-7,14,21,23,26,28H,8-13,15-17H2,(H,25,29). The molecule has 6 heteroatoms. The van der Waals surface area contributed by atoms with E-state index in [4.69, 9.17) is 4.74 Å². The largest absolute Gasteiger partial charge is 0.390 e. The first kappa shape index (κ1) is 20.8. The Morgan fingerprint density at radius 2 is 1.93 bits per heavy atom. The maximum absolute atomic E-state index is 12.6. The zero-order valence-corrected chi connectivity index (χ0v) is 17.3. The van der Waals surface area contributed by atoms with Gasteiger partial charge < -0.3 is 20.5 Å². The Bertz CT molecular complexity index is 851. The fraction of sp³-hybridized carbons (Fsp3) is 0.458. The van der Waals surface area contributed by atoms with Gasteiger partial charge in [0.2, 0.25) is 0 Å². The number of nitrogens with one attached hydrogen (secondary N) is 2. The van der Waals surface area contributed by atoms with Crippen LogP contribution >= 0.6 is 0 Å². The van der Waals surface area contributed by atoms with Gasteiger partial charge in [0.25, 0.3) is 5.91 Å². The van der Waals surface area contributed by atoms with Gasteiger partial charge in [0, 0.05) is 56.7 Å². The third-order valence-corrected chi connectivity index (χ3v) is 5.89. The molecule has 2 aliphatic rings. The van der Waals surface area contributed by atoms with Crippen molar-refractivity contribution in [2.75, 3.05) is 38.2 Å². The maximum atomic E-state index is 12.6. The van der Waals surface area contributed by atoms with E-state index < -0.39 is 6.10 Å². The molecule has 4 rings (SSSR count). The molecule has 2 aromatic rings. The number of fused-ring (bicyclic) bond motifs is 1. The number of hydrogen-bond donors (Lipinski definition) is 3. The van der Waals surface area contributed by atoms with Crippen molar-refractivity contribution >= 4 is 11.6 Å². The number of nitrogens with zero attached hydrogens (tertiary/aromatic N) is 1. The third kappa shape index (κ3) is 5.59. The smallest absolute Gasteiger partial charge is 0.251 e. The fourth-order valence-corrected chi connectivity index (χ4v) is 4.21. The summed E-state index contributed by atoms with van der Waals surface area (Å²) < 4.78 is 5.39. The van der Waals surface area contributed by atoms with Crippen LogP contribution in [0.25, 0.3) is 0 Å². The minimum Gasteiger partial charge on any atom is -0.390 e. The average Bonchev–Trinajstić information content (AvgIpc) is 2.78. The van der Waals surface area contributed by atoms with Crippen LogP contribution in [0.2, 0.25) is 0 Å². The van der Waals surface area contributed by atoms with E-state index in [1.807, 2.05) is 18.2 Å². The van der Waals surface area contributed by atoms with Gasteiger partial charge in [-0.15, -0.1) is 0 Å². The molecule has 1 fully saturated rings. The Kier molecular flexibility index (Phi) is 7.00. The lowest BCUT2D eigenvalue weighted by Crippen LogP contribution is -2.42. The van der Waals surface area contributed by atoms with Crippen LogP contribution in [0.1, 0.15) is 34.3 Å². The van der Waals surface area contributed by atoms with Gasteiger partial charge >= 0.3 is 0 Å². The normalized spacial score (nSPS) is 18.4. The van der Waals surface area contributed by atoms with Crippen molar-refractivity contribution in [2.24, 2.45) is 0 Å². The highest BCUT2D eigenvalue weighted by Crippen LogP contribution is 2.19. The second-order valence-corrected chi connectivity index (χ2v) is 8.23. The van der Waals surface area contributed by atoms with E-state index in [9.17, 15) is 9.90 Å². The van der Waals surface area contributed by atoms with Crippen molar-refractivity contribution in [1.29, 1.82) is 0 Å². The van der Waals surface area contributed by atoms with Crippen LogP contribution < -0.4 is 10.6 Å². The fourth-order valence-electron chi connectivity index (χ4n) is 4.21.